The fraction of sp³-hybridized carbons (Fsp3) is 0.286. The first kappa shape index (κ1) is 14.0. The van der Waals surface area contributed by atoms with Crippen LogP contribution in [-0.4, -0.2) is 15.7 Å². The second kappa shape index (κ2) is 6.18. The maximum Gasteiger partial charge on any atom is 0.224 e. The van der Waals surface area contributed by atoms with Crippen LogP contribution in [0, 0.1) is 12.7 Å². The zero-order valence-corrected chi connectivity index (χ0v) is 11.3. The van der Waals surface area contributed by atoms with Gasteiger partial charge in [-0.3, -0.25) is 9.48 Å². The first-order chi connectivity index (χ1) is 9.56. The lowest BCUT2D eigenvalue weighted by Crippen LogP contribution is -2.13. The minimum atomic E-state index is -0.489. The minimum Gasteiger partial charge on any atom is -0.396 e. The Hall–Kier alpha value is -2.37. The number of nitrogen functional groups attached to an aromatic ring is 1. The highest BCUT2D eigenvalue weighted by molar-refractivity contribution is 5.91. The van der Waals surface area contributed by atoms with Crippen molar-refractivity contribution in [3.63, 3.8) is 0 Å². The van der Waals surface area contributed by atoms with E-state index in [4.69, 9.17) is 5.73 Å². The molecule has 1 amide bonds. The van der Waals surface area contributed by atoms with Gasteiger partial charge in [0.15, 0.2) is 0 Å². The van der Waals surface area contributed by atoms with Gasteiger partial charge >= 0.3 is 0 Å². The molecule has 6 heteroatoms. The summed E-state index contributed by atoms with van der Waals surface area (Å²) in [6.45, 7) is 2.66. The Kier molecular flexibility index (Phi) is 4.34. The molecular weight excluding hydrogens is 259 g/mol. The summed E-state index contributed by atoms with van der Waals surface area (Å²) >= 11 is 0. The number of nitrogens with one attached hydrogen (secondary N) is 1. The number of aryl methyl sites for hydroxylation is 2. The Bertz CT molecular complexity index is 609. The number of benzene rings is 1. The number of amides is 1. The summed E-state index contributed by atoms with van der Waals surface area (Å²) in [4.78, 5) is 11.7. The minimum absolute atomic E-state index is 0.0231. The summed E-state index contributed by atoms with van der Waals surface area (Å²) in [7, 11) is 0. The molecule has 1 aromatic carbocycles. The Morgan fingerprint density at radius 1 is 1.45 bits per heavy atom. The third-order valence-electron chi connectivity index (χ3n) is 2.98. The van der Waals surface area contributed by atoms with Gasteiger partial charge in [0.2, 0.25) is 5.91 Å². The van der Waals surface area contributed by atoms with Gasteiger partial charge in [-0.2, -0.15) is 5.10 Å². The number of rotatable bonds is 5. The van der Waals surface area contributed by atoms with E-state index in [2.05, 4.69) is 10.4 Å². The number of nitrogens with two attached hydrogens (primary N) is 1. The fourth-order valence-corrected chi connectivity index (χ4v) is 1.87. The summed E-state index contributed by atoms with van der Waals surface area (Å²) in [5, 5.41) is 6.83. The van der Waals surface area contributed by atoms with E-state index in [1.807, 2.05) is 17.7 Å². The summed E-state index contributed by atoms with van der Waals surface area (Å²) < 4.78 is 14.8. The van der Waals surface area contributed by atoms with Gasteiger partial charge in [-0.15, -0.1) is 0 Å². The van der Waals surface area contributed by atoms with Crippen LogP contribution < -0.4 is 11.1 Å². The molecule has 5 nitrogen and oxygen atoms in total. The molecule has 0 aliphatic rings. The zero-order valence-electron chi connectivity index (χ0n) is 11.3. The Labute approximate surface area is 116 Å². The molecule has 0 unspecified atom stereocenters. The second-order valence-electron chi connectivity index (χ2n) is 4.58. The summed E-state index contributed by atoms with van der Waals surface area (Å²) in [6, 6.07) is 6.05. The van der Waals surface area contributed by atoms with Gasteiger partial charge < -0.3 is 11.1 Å². The van der Waals surface area contributed by atoms with E-state index in [0.29, 0.717) is 25.1 Å². The molecule has 2 aromatic rings. The molecule has 0 saturated carbocycles. The van der Waals surface area contributed by atoms with E-state index in [-0.39, 0.29) is 11.6 Å². The first-order valence-corrected chi connectivity index (χ1v) is 6.39. The Balaban J connectivity index is 1.80. The molecule has 3 N–H and O–H groups in total. The van der Waals surface area contributed by atoms with Crippen LogP contribution in [0.15, 0.2) is 30.5 Å². The predicted octanol–water partition coefficient (Wildman–Crippen LogP) is 2.33. The third kappa shape index (κ3) is 3.57. The average molecular weight is 276 g/mol. The van der Waals surface area contributed by atoms with Crippen LogP contribution in [0.4, 0.5) is 15.8 Å². The molecule has 0 aliphatic carbocycles. The Morgan fingerprint density at radius 3 is 2.90 bits per heavy atom. The standard InChI is InChI=1S/C14H17FN4O/c1-10-6-7-17-19(10)8-2-3-14(20)18-11-4-5-12(15)13(16)9-11/h4-7,9H,2-3,8,16H2,1H3,(H,18,20). The molecule has 2 rings (SSSR count). The number of halogens is 1. The van der Waals surface area contributed by atoms with Crippen LogP contribution in [0.2, 0.25) is 0 Å². The number of aromatic nitrogens is 2. The van der Waals surface area contributed by atoms with Gasteiger partial charge in [-0.1, -0.05) is 0 Å². The number of hydrogen-bond acceptors (Lipinski definition) is 3. The molecule has 0 spiro atoms. The van der Waals surface area contributed by atoms with Crippen molar-refractivity contribution in [2.45, 2.75) is 26.3 Å². The number of carbonyl (C=O) groups is 1. The molecule has 20 heavy (non-hydrogen) atoms. The summed E-state index contributed by atoms with van der Waals surface area (Å²) in [6.07, 6.45) is 2.79. The molecule has 0 radical (unpaired) electrons. The number of anilines is 2. The van der Waals surface area contributed by atoms with E-state index in [0.717, 1.165) is 5.69 Å². The van der Waals surface area contributed by atoms with Crippen molar-refractivity contribution in [3.8, 4) is 0 Å². The molecule has 0 bridgehead atoms. The first-order valence-electron chi connectivity index (χ1n) is 6.39. The van der Waals surface area contributed by atoms with Crippen molar-refractivity contribution in [1.82, 2.24) is 9.78 Å². The lowest BCUT2D eigenvalue weighted by atomic mass is 10.2. The smallest absolute Gasteiger partial charge is 0.224 e. The summed E-state index contributed by atoms with van der Waals surface area (Å²) in [5.41, 5.74) is 7.03. The van der Waals surface area contributed by atoms with Crippen molar-refractivity contribution in [3.05, 3.63) is 42.0 Å². The van der Waals surface area contributed by atoms with Crippen molar-refractivity contribution in [2.24, 2.45) is 0 Å². The predicted molar refractivity (Wildman–Crippen MR) is 75.6 cm³/mol. The van der Waals surface area contributed by atoms with Crippen molar-refractivity contribution in [2.75, 3.05) is 11.1 Å². The van der Waals surface area contributed by atoms with Gasteiger partial charge in [-0.25, -0.2) is 4.39 Å². The molecule has 106 valence electrons. The van der Waals surface area contributed by atoms with Crippen molar-refractivity contribution < 1.29 is 9.18 Å². The van der Waals surface area contributed by atoms with Gasteiger partial charge in [0.25, 0.3) is 0 Å². The van der Waals surface area contributed by atoms with Crippen LogP contribution in [-0.2, 0) is 11.3 Å². The van der Waals surface area contributed by atoms with E-state index in [9.17, 15) is 9.18 Å². The molecule has 0 aliphatic heterocycles. The quantitative estimate of drug-likeness (QED) is 0.823. The molecular formula is C14H17FN4O. The maximum atomic E-state index is 13.0. The molecule has 1 heterocycles. The van der Waals surface area contributed by atoms with Crippen molar-refractivity contribution >= 4 is 17.3 Å². The zero-order chi connectivity index (χ0) is 14.5. The largest absolute Gasteiger partial charge is 0.396 e. The third-order valence-corrected chi connectivity index (χ3v) is 2.98. The maximum absolute atomic E-state index is 13.0. The summed E-state index contributed by atoms with van der Waals surface area (Å²) in [5.74, 6) is -0.613. The van der Waals surface area contributed by atoms with Crippen LogP contribution in [0.3, 0.4) is 0 Å². The fourth-order valence-electron chi connectivity index (χ4n) is 1.87. The number of hydrogen-bond donors (Lipinski definition) is 2. The van der Waals surface area contributed by atoms with Crippen molar-refractivity contribution in [1.29, 1.82) is 0 Å². The monoisotopic (exact) mass is 276 g/mol. The highest BCUT2D eigenvalue weighted by Gasteiger charge is 2.05. The van der Waals surface area contributed by atoms with E-state index in [1.54, 1.807) is 6.20 Å². The van der Waals surface area contributed by atoms with Crippen LogP contribution in [0.25, 0.3) is 0 Å². The van der Waals surface area contributed by atoms with Crippen LogP contribution in [0.5, 0.6) is 0 Å². The van der Waals surface area contributed by atoms with E-state index in [1.165, 1.54) is 18.2 Å². The normalized spacial score (nSPS) is 10.5. The molecule has 1 aromatic heterocycles. The number of carbonyl (C=O) groups excluding carboxylic acids is 1. The SMILES string of the molecule is Cc1ccnn1CCCC(=O)Nc1ccc(F)c(N)c1. The van der Waals surface area contributed by atoms with Crippen LogP contribution in [0.1, 0.15) is 18.5 Å². The van der Waals surface area contributed by atoms with Crippen LogP contribution >= 0.6 is 0 Å². The average Bonchev–Trinajstić information content (AvgIpc) is 2.80. The van der Waals surface area contributed by atoms with Gasteiger partial charge in [-0.05, 0) is 37.6 Å². The highest BCUT2D eigenvalue weighted by Crippen LogP contribution is 2.16. The molecule has 0 fully saturated rings. The van der Waals surface area contributed by atoms with Gasteiger partial charge in [0.1, 0.15) is 5.82 Å². The van der Waals surface area contributed by atoms with Gasteiger partial charge in [0, 0.05) is 30.5 Å². The lowest BCUT2D eigenvalue weighted by molar-refractivity contribution is -0.116. The topological polar surface area (TPSA) is 72.9 Å². The second-order valence-corrected chi connectivity index (χ2v) is 4.58. The lowest BCUT2D eigenvalue weighted by Gasteiger charge is -2.07. The molecule has 0 saturated heterocycles. The molecule has 0 atom stereocenters. The number of nitrogens with zero attached hydrogens (tertiary/aromatic N) is 2. The van der Waals surface area contributed by atoms with E-state index >= 15 is 0 Å². The highest BCUT2D eigenvalue weighted by atomic mass is 19.1. The van der Waals surface area contributed by atoms with E-state index < -0.39 is 5.82 Å². The van der Waals surface area contributed by atoms with Gasteiger partial charge in [0.05, 0.1) is 5.69 Å². The Morgan fingerprint density at radius 2 is 2.25 bits per heavy atom.